The lowest BCUT2D eigenvalue weighted by atomic mass is 10.1. The van der Waals surface area contributed by atoms with E-state index in [0.29, 0.717) is 6.04 Å². The minimum Gasteiger partial charge on any atom is -0.380 e. The number of hydrogen-bond donors (Lipinski definition) is 1. The number of ether oxygens (including phenoxy) is 1. The van der Waals surface area contributed by atoms with Crippen molar-refractivity contribution in [2.45, 2.75) is 39.2 Å². The van der Waals surface area contributed by atoms with Crippen molar-refractivity contribution in [3.63, 3.8) is 0 Å². The molecule has 1 saturated heterocycles. The highest BCUT2D eigenvalue weighted by Crippen LogP contribution is 2.20. The maximum Gasteiger partial charge on any atom is 0.0619 e. The van der Waals surface area contributed by atoms with Crippen LogP contribution in [0.4, 0.5) is 0 Å². The Morgan fingerprint density at radius 3 is 3.00 bits per heavy atom. The predicted molar refractivity (Wildman–Crippen MR) is 69.3 cm³/mol. The molecule has 0 saturated carbocycles. The van der Waals surface area contributed by atoms with Crippen LogP contribution in [-0.2, 0) is 11.2 Å². The summed E-state index contributed by atoms with van der Waals surface area (Å²) in [6.45, 7) is 7.31. The zero-order valence-electron chi connectivity index (χ0n) is 10.2. The van der Waals surface area contributed by atoms with Gasteiger partial charge in [0.25, 0.3) is 0 Å². The molecule has 0 spiro atoms. The van der Waals surface area contributed by atoms with E-state index in [9.17, 15) is 0 Å². The van der Waals surface area contributed by atoms with Crippen LogP contribution in [0.25, 0.3) is 0 Å². The maximum atomic E-state index is 5.45. The normalized spacial score (nSPS) is 21.2. The standard InChI is InChI=1S/C13H21NOS/c1-10-8-12(11(2)16-10)5-6-14-13-4-3-7-15-9-13/h8,13-14H,3-7,9H2,1-2H3. The van der Waals surface area contributed by atoms with Crippen LogP contribution in [0, 0.1) is 13.8 Å². The molecule has 2 nitrogen and oxygen atoms in total. The second kappa shape index (κ2) is 5.80. The third kappa shape index (κ3) is 3.30. The number of thiophene rings is 1. The molecular weight excluding hydrogens is 218 g/mol. The Bertz CT molecular complexity index is 329. The SMILES string of the molecule is Cc1cc(CCNC2CCCOC2)c(C)s1. The van der Waals surface area contributed by atoms with Crippen molar-refractivity contribution in [3.05, 3.63) is 21.4 Å². The van der Waals surface area contributed by atoms with Crippen LogP contribution in [0.15, 0.2) is 6.07 Å². The van der Waals surface area contributed by atoms with Crippen molar-refractivity contribution in [2.24, 2.45) is 0 Å². The topological polar surface area (TPSA) is 21.3 Å². The van der Waals surface area contributed by atoms with Crippen LogP contribution in [0.2, 0.25) is 0 Å². The highest BCUT2D eigenvalue weighted by Gasteiger charge is 2.12. The molecule has 2 rings (SSSR count). The molecule has 0 bridgehead atoms. The first-order valence-corrected chi connectivity index (χ1v) is 6.94. The van der Waals surface area contributed by atoms with Gasteiger partial charge < -0.3 is 10.1 Å². The summed E-state index contributed by atoms with van der Waals surface area (Å²) in [6, 6.07) is 2.90. The first-order valence-electron chi connectivity index (χ1n) is 6.13. The summed E-state index contributed by atoms with van der Waals surface area (Å²) in [7, 11) is 0. The highest BCUT2D eigenvalue weighted by atomic mass is 32.1. The van der Waals surface area contributed by atoms with Crippen LogP contribution in [0.3, 0.4) is 0 Å². The first kappa shape index (κ1) is 12.1. The summed E-state index contributed by atoms with van der Waals surface area (Å²) in [5.74, 6) is 0. The highest BCUT2D eigenvalue weighted by molar-refractivity contribution is 7.12. The summed E-state index contributed by atoms with van der Waals surface area (Å²) in [5, 5.41) is 3.59. The van der Waals surface area contributed by atoms with Crippen LogP contribution >= 0.6 is 11.3 Å². The fourth-order valence-electron chi connectivity index (χ4n) is 2.24. The molecule has 0 amide bonds. The quantitative estimate of drug-likeness (QED) is 0.872. The summed E-state index contributed by atoms with van der Waals surface area (Å²) in [5.41, 5.74) is 1.51. The lowest BCUT2D eigenvalue weighted by molar-refractivity contribution is 0.0707. The van der Waals surface area contributed by atoms with Gasteiger partial charge in [-0.1, -0.05) is 0 Å². The van der Waals surface area contributed by atoms with E-state index in [4.69, 9.17) is 4.74 Å². The Labute approximate surface area is 102 Å². The molecule has 90 valence electrons. The molecule has 1 aliphatic rings. The average Bonchev–Trinajstić information content (AvgIpc) is 2.59. The largest absolute Gasteiger partial charge is 0.380 e. The zero-order chi connectivity index (χ0) is 11.4. The summed E-state index contributed by atoms with van der Waals surface area (Å²) < 4.78 is 5.45. The Morgan fingerprint density at radius 2 is 2.38 bits per heavy atom. The summed E-state index contributed by atoms with van der Waals surface area (Å²) in [6.07, 6.45) is 3.61. The van der Waals surface area contributed by atoms with Gasteiger partial charge in [0.1, 0.15) is 0 Å². The van der Waals surface area contributed by atoms with Gasteiger partial charge in [0.15, 0.2) is 0 Å². The number of aryl methyl sites for hydroxylation is 2. The van der Waals surface area contributed by atoms with E-state index < -0.39 is 0 Å². The van der Waals surface area contributed by atoms with Crippen LogP contribution in [-0.4, -0.2) is 25.8 Å². The lowest BCUT2D eigenvalue weighted by Crippen LogP contribution is -2.37. The van der Waals surface area contributed by atoms with Crippen molar-refractivity contribution in [1.82, 2.24) is 5.32 Å². The molecular formula is C13H21NOS. The van der Waals surface area contributed by atoms with Crippen LogP contribution < -0.4 is 5.32 Å². The fourth-order valence-corrected chi connectivity index (χ4v) is 3.22. The van der Waals surface area contributed by atoms with Crippen molar-refractivity contribution in [3.8, 4) is 0 Å². The first-order chi connectivity index (χ1) is 7.75. The van der Waals surface area contributed by atoms with Gasteiger partial charge in [0, 0.05) is 22.4 Å². The van der Waals surface area contributed by atoms with E-state index in [2.05, 4.69) is 25.2 Å². The van der Waals surface area contributed by atoms with Gasteiger partial charge in [0.05, 0.1) is 6.61 Å². The molecule has 1 atom stereocenters. The van der Waals surface area contributed by atoms with E-state index in [-0.39, 0.29) is 0 Å². The van der Waals surface area contributed by atoms with E-state index >= 15 is 0 Å². The fraction of sp³-hybridized carbons (Fsp3) is 0.692. The maximum absolute atomic E-state index is 5.45. The minimum absolute atomic E-state index is 0.578. The van der Waals surface area contributed by atoms with Gasteiger partial charge in [-0.25, -0.2) is 0 Å². The van der Waals surface area contributed by atoms with Gasteiger partial charge in [-0.15, -0.1) is 11.3 Å². The van der Waals surface area contributed by atoms with Crippen LogP contribution in [0.1, 0.15) is 28.2 Å². The monoisotopic (exact) mass is 239 g/mol. The molecule has 3 heteroatoms. The van der Waals surface area contributed by atoms with E-state index in [0.717, 1.165) is 26.2 Å². The second-order valence-corrected chi connectivity index (χ2v) is 6.02. The third-order valence-electron chi connectivity index (χ3n) is 3.13. The van der Waals surface area contributed by atoms with E-state index in [1.807, 2.05) is 11.3 Å². The van der Waals surface area contributed by atoms with Gasteiger partial charge in [-0.3, -0.25) is 0 Å². The lowest BCUT2D eigenvalue weighted by Gasteiger charge is -2.23. The van der Waals surface area contributed by atoms with Crippen molar-refractivity contribution in [1.29, 1.82) is 0 Å². The molecule has 1 aromatic rings. The third-order valence-corrected chi connectivity index (χ3v) is 4.14. The summed E-state index contributed by atoms with van der Waals surface area (Å²) in [4.78, 5) is 2.90. The van der Waals surface area contributed by atoms with Crippen molar-refractivity contribution in [2.75, 3.05) is 19.8 Å². The molecule has 0 radical (unpaired) electrons. The smallest absolute Gasteiger partial charge is 0.0619 e. The Morgan fingerprint density at radius 1 is 1.50 bits per heavy atom. The zero-order valence-corrected chi connectivity index (χ0v) is 11.0. The van der Waals surface area contributed by atoms with E-state index in [1.165, 1.54) is 28.2 Å². The number of hydrogen-bond acceptors (Lipinski definition) is 3. The molecule has 2 heterocycles. The van der Waals surface area contributed by atoms with Crippen LogP contribution in [0.5, 0.6) is 0 Å². The average molecular weight is 239 g/mol. The Hall–Kier alpha value is -0.380. The molecule has 1 aromatic heterocycles. The molecule has 1 N–H and O–H groups in total. The van der Waals surface area contributed by atoms with Gasteiger partial charge in [-0.2, -0.15) is 0 Å². The van der Waals surface area contributed by atoms with Gasteiger partial charge in [-0.05, 0) is 51.3 Å². The summed E-state index contributed by atoms with van der Waals surface area (Å²) >= 11 is 1.90. The minimum atomic E-state index is 0.578. The molecule has 1 fully saturated rings. The molecule has 0 aromatic carbocycles. The predicted octanol–water partition coefficient (Wildman–Crippen LogP) is 2.68. The van der Waals surface area contributed by atoms with Crippen molar-refractivity contribution < 1.29 is 4.74 Å². The molecule has 1 unspecified atom stereocenters. The van der Waals surface area contributed by atoms with E-state index in [1.54, 1.807) is 0 Å². The Balaban J connectivity index is 1.73. The van der Waals surface area contributed by atoms with Gasteiger partial charge in [0.2, 0.25) is 0 Å². The number of rotatable bonds is 4. The van der Waals surface area contributed by atoms with Gasteiger partial charge >= 0.3 is 0 Å². The molecule has 16 heavy (non-hydrogen) atoms. The van der Waals surface area contributed by atoms with Crippen molar-refractivity contribution >= 4 is 11.3 Å². The molecule has 0 aliphatic carbocycles. The Kier molecular flexibility index (Phi) is 4.38. The number of nitrogens with one attached hydrogen (secondary N) is 1. The second-order valence-electron chi connectivity index (χ2n) is 4.56. The molecule has 1 aliphatic heterocycles.